The summed E-state index contributed by atoms with van der Waals surface area (Å²) >= 11 is 0. The molecule has 0 saturated carbocycles. The van der Waals surface area contributed by atoms with Crippen molar-refractivity contribution in [2.75, 3.05) is 0 Å². The van der Waals surface area contributed by atoms with Crippen LogP contribution in [-0.2, 0) is 14.8 Å². The summed E-state index contributed by atoms with van der Waals surface area (Å²) < 4.78 is 27.3. The number of hydrogen-bond donors (Lipinski definition) is 0. The number of ketones is 1. The van der Waals surface area contributed by atoms with Gasteiger partial charge in [0.25, 0.3) is 0 Å². The Morgan fingerprint density at radius 1 is 0.917 bits per heavy atom. The lowest BCUT2D eigenvalue weighted by atomic mass is 9.87. The van der Waals surface area contributed by atoms with Gasteiger partial charge in [-0.1, -0.05) is 69.3 Å². The van der Waals surface area contributed by atoms with E-state index in [2.05, 4.69) is 0 Å². The molecule has 0 amide bonds. The number of rotatable bonds is 4. The molecule has 2 aromatic carbocycles. The lowest BCUT2D eigenvalue weighted by Crippen LogP contribution is -2.29. The minimum absolute atomic E-state index is 0.0594. The Balaban J connectivity index is 2.03. The third-order valence-electron chi connectivity index (χ3n) is 4.23. The van der Waals surface area contributed by atoms with E-state index in [1.54, 1.807) is 30.3 Å². The van der Waals surface area contributed by atoms with Gasteiger partial charge in [0.15, 0.2) is 5.78 Å². The summed E-state index contributed by atoms with van der Waals surface area (Å²) in [6.07, 6.45) is 0. The average Bonchev–Trinajstić information content (AvgIpc) is 3.31. The SMILES string of the molecule is CC(C)(C)C(=O)[C@@H]1[C@H](c2ccccc2)N1S(=O)(=O)c1ccccc1. The van der Waals surface area contributed by atoms with E-state index in [1.165, 1.54) is 4.31 Å². The standard InChI is InChI=1S/C19H21NO3S/c1-19(2,3)18(21)17-16(14-10-6-4-7-11-14)20(17)24(22,23)15-12-8-5-9-13-15/h4-13,16-17H,1-3H3/t16-,17-,20?/m0/s1. The molecule has 1 heterocycles. The van der Waals surface area contributed by atoms with Crippen LogP contribution in [0.1, 0.15) is 32.4 Å². The Kier molecular flexibility index (Phi) is 4.10. The maximum Gasteiger partial charge on any atom is 0.244 e. The summed E-state index contributed by atoms with van der Waals surface area (Å²) in [5, 5.41) is 0. The number of carbonyl (C=O) groups excluding carboxylic acids is 1. The fourth-order valence-corrected chi connectivity index (χ4v) is 4.64. The predicted octanol–water partition coefficient (Wildman–Crippen LogP) is 3.42. The van der Waals surface area contributed by atoms with Gasteiger partial charge in [-0.15, -0.1) is 0 Å². The second kappa shape index (κ2) is 5.83. The van der Waals surface area contributed by atoms with E-state index in [0.717, 1.165) is 5.56 Å². The summed E-state index contributed by atoms with van der Waals surface area (Å²) in [5.74, 6) is -0.0594. The van der Waals surface area contributed by atoms with Crippen molar-refractivity contribution >= 4 is 15.8 Å². The highest BCUT2D eigenvalue weighted by atomic mass is 32.2. The maximum atomic E-state index is 13.0. The van der Waals surface area contributed by atoms with Gasteiger partial charge >= 0.3 is 0 Å². The van der Waals surface area contributed by atoms with Crippen molar-refractivity contribution in [3.8, 4) is 0 Å². The molecule has 1 saturated heterocycles. The Hall–Kier alpha value is -1.98. The van der Waals surface area contributed by atoms with Crippen LogP contribution in [0.25, 0.3) is 0 Å². The fraction of sp³-hybridized carbons (Fsp3) is 0.316. The smallest absolute Gasteiger partial charge is 0.244 e. The zero-order valence-corrected chi connectivity index (χ0v) is 14.8. The van der Waals surface area contributed by atoms with Gasteiger partial charge in [0, 0.05) is 5.41 Å². The quantitative estimate of drug-likeness (QED) is 0.799. The minimum Gasteiger partial charge on any atom is -0.297 e. The lowest BCUT2D eigenvalue weighted by Gasteiger charge is -2.16. The maximum absolute atomic E-state index is 13.0. The topological polar surface area (TPSA) is 54.2 Å². The molecule has 3 rings (SSSR count). The van der Waals surface area contributed by atoms with Crippen LogP contribution in [0.4, 0.5) is 0 Å². The molecule has 0 aromatic heterocycles. The van der Waals surface area contributed by atoms with Crippen molar-refractivity contribution in [2.24, 2.45) is 5.41 Å². The molecule has 0 radical (unpaired) electrons. The predicted molar refractivity (Wildman–Crippen MR) is 92.9 cm³/mol. The molecule has 0 bridgehead atoms. The third-order valence-corrected chi connectivity index (χ3v) is 6.10. The van der Waals surface area contributed by atoms with Crippen LogP contribution in [0.3, 0.4) is 0 Å². The van der Waals surface area contributed by atoms with Crippen LogP contribution in [-0.4, -0.2) is 24.5 Å². The zero-order valence-electron chi connectivity index (χ0n) is 14.0. The Bertz CT molecular complexity index is 839. The first-order valence-corrected chi connectivity index (χ1v) is 9.36. The van der Waals surface area contributed by atoms with Crippen molar-refractivity contribution in [1.29, 1.82) is 0 Å². The molecule has 1 fully saturated rings. The molecule has 5 heteroatoms. The molecule has 24 heavy (non-hydrogen) atoms. The van der Waals surface area contributed by atoms with Crippen molar-refractivity contribution < 1.29 is 13.2 Å². The van der Waals surface area contributed by atoms with Gasteiger partial charge in [-0.3, -0.25) is 4.79 Å². The van der Waals surface area contributed by atoms with E-state index in [0.29, 0.717) is 0 Å². The van der Waals surface area contributed by atoms with Crippen LogP contribution in [0.5, 0.6) is 0 Å². The largest absolute Gasteiger partial charge is 0.297 e. The van der Waals surface area contributed by atoms with Crippen molar-refractivity contribution in [2.45, 2.75) is 37.8 Å². The number of carbonyl (C=O) groups is 1. The molecule has 0 N–H and O–H groups in total. The lowest BCUT2D eigenvalue weighted by molar-refractivity contribution is -0.126. The average molecular weight is 343 g/mol. The normalized spacial score (nSPS) is 23.7. The first-order chi connectivity index (χ1) is 11.2. The van der Waals surface area contributed by atoms with Gasteiger partial charge in [0.1, 0.15) is 6.04 Å². The van der Waals surface area contributed by atoms with Crippen LogP contribution < -0.4 is 0 Å². The monoisotopic (exact) mass is 343 g/mol. The first-order valence-electron chi connectivity index (χ1n) is 7.92. The van der Waals surface area contributed by atoms with Gasteiger partial charge in [0.05, 0.1) is 10.9 Å². The number of sulfonamides is 1. The summed E-state index contributed by atoms with van der Waals surface area (Å²) in [7, 11) is -3.71. The number of Topliss-reactive ketones (excluding diaryl/α,β-unsaturated/α-hetero) is 1. The molecule has 4 nitrogen and oxygen atoms in total. The summed E-state index contributed by atoms with van der Waals surface area (Å²) in [4.78, 5) is 13.0. The molecule has 0 spiro atoms. The first kappa shape index (κ1) is 16.9. The van der Waals surface area contributed by atoms with Crippen LogP contribution in [0.15, 0.2) is 65.6 Å². The van der Waals surface area contributed by atoms with Crippen molar-refractivity contribution in [3.05, 3.63) is 66.2 Å². The van der Waals surface area contributed by atoms with Crippen LogP contribution in [0.2, 0.25) is 0 Å². The van der Waals surface area contributed by atoms with E-state index in [9.17, 15) is 13.2 Å². The van der Waals surface area contributed by atoms with E-state index >= 15 is 0 Å². The van der Waals surface area contributed by atoms with Gasteiger partial charge in [-0.2, -0.15) is 4.31 Å². The van der Waals surface area contributed by atoms with Gasteiger partial charge in [-0.05, 0) is 17.7 Å². The Morgan fingerprint density at radius 2 is 1.42 bits per heavy atom. The highest BCUT2D eigenvalue weighted by Gasteiger charge is 2.61. The molecule has 1 aliphatic rings. The molecule has 1 aliphatic heterocycles. The Labute approximate surface area is 143 Å². The number of nitrogens with zero attached hydrogens (tertiary/aromatic N) is 1. The number of benzene rings is 2. The molecule has 1 unspecified atom stereocenters. The van der Waals surface area contributed by atoms with Crippen LogP contribution >= 0.6 is 0 Å². The van der Waals surface area contributed by atoms with E-state index in [4.69, 9.17) is 0 Å². The second-order valence-corrected chi connectivity index (χ2v) is 8.91. The fourth-order valence-electron chi connectivity index (χ4n) is 2.91. The van der Waals surface area contributed by atoms with Crippen molar-refractivity contribution in [1.82, 2.24) is 4.31 Å². The van der Waals surface area contributed by atoms with E-state index in [1.807, 2.05) is 51.1 Å². The molecular formula is C19H21NO3S. The summed E-state index contributed by atoms with van der Waals surface area (Å²) in [6.45, 7) is 5.47. The molecule has 126 valence electrons. The Morgan fingerprint density at radius 3 is 1.92 bits per heavy atom. The van der Waals surface area contributed by atoms with Gasteiger partial charge < -0.3 is 0 Å². The second-order valence-electron chi connectivity index (χ2n) is 7.06. The summed E-state index contributed by atoms with van der Waals surface area (Å²) in [6, 6.07) is 16.5. The highest BCUT2D eigenvalue weighted by Crippen LogP contribution is 2.50. The van der Waals surface area contributed by atoms with Crippen LogP contribution in [0, 0.1) is 5.41 Å². The van der Waals surface area contributed by atoms with Gasteiger partial charge in [-0.25, -0.2) is 8.42 Å². The van der Waals surface area contributed by atoms with Gasteiger partial charge in [0.2, 0.25) is 10.0 Å². The molecule has 3 atom stereocenters. The zero-order chi connectivity index (χ0) is 17.5. The van der Waals surface area contributed by atoms with E-state index in [-0.39, 0.29) is 10.7 Å². The third kappa shape index (κ3) is 2.89. The summed E-state index contributed by atoms with van der Waals surface area (Å²) in [5.41, 5.74) is 0.248. The van der Waals surface area contributed by atoms with E-state index < -0.39 is 27.5 Å². The molecule has 2 aromatic rings. The minimum atomic E-state index is -3.71. The number of hydrogen-bond acceptors (Lipinski definition) is 3. The molecular weight excluding hydrogens is 322 g/mol. The molecule has 0 aliphatic carbocycles. The van der Waals surface area contributed by atoms with Crippen molar-refractivity contribution in [3.63, 3.8) is 0 Å². The highest BCUT2D eigenvalue weighted by molar-refractivity contribution is 7.89.